The molecular formula is C21H18BrN3O6S. The number of rotatable bonds is 6. The number of phenols is 1. The van der Waals surface area contributed by atoms with Gasteiger partial charge in [0.1, 0.15) is 16.6 Å². The van der Waals surface area contributed by atoms with E-state index in [0.29, 0.717) is 21.5 Å². The van der Waals surface area contributed by atoms with Gasteiger partial charge in [0, 0.05) is 21.0 Å². The first-order valence-electron chi connectivity index (χ1n) is 9.68. The third-order valence-corrected chi connectivity index (χ3v) is 6.49. The highest BCUT2D eigenvalue weighted by molar-refractivity contribution is 9.10. The smallest absolute Gasteiger partial charge is 0.341 e. The molecule has 3 rings (SSSR count). The molecule has 0 atom stereocenters. The van der Waals surface area contributed by atoms with Gasteiger partial charge >= 0.3 is 11.7 Å². The Balaban J connectivity index is 1.98. The Morgan fingerprint density at radius 2 is 2.12 bits per heavy atom. The largest absolute Gasteiger partial charge is 0.502 e. The zero-order valence-corrected chi connectivity index (χ0v) is 19.3. The fourth-order valence-corrected chi connectivity index (χ4v) is 5.14. The molecule has 0 saturated heterocycles. The Kier molecular flexibility index (Phi) is 7.27. The molecule has 1 aliphatic rings. The summed E-state index contributed by atoms with van der Waals surface area (Å²) in [5.41, 5.74) is 0.123. The number of nitrogens with zero attached hydrogens (tertiary/aromatic N) is 2. The standard InChI is InChI=1S/C21H18BrN3O6S/c1-2-31-21(28)17-14-5-3-4-6-16(14)32-20(17)24-19(27)12(10-23)7-11-8-13(22)9-15(18(11)26)25(29)30/h7-9,26H,2-6H2,1H3,(H,24,27). The Morgan fingerprint density at radius 1 is 1.41 bits per heavy atom. The fraction of sp³-hybridized carbons (Fsp3) is 0.286. The van der Waals surface area contributed by atoms with Gasteiger partial charge in [0.25, 0.3) is 5.91 Å². The first-order chi connectivity index (χ1) is 15.3. The predicted octanol–water partition coefficient (Wildman–Crippen LogP) is 4.73. The van der Waals surface area contributed by atoms with Crippen LogP contribution in [-0.4, -0.2) is 28.5 Å². The molecule has 0 saturated carbocycles. The van der Waals surface area contributed by atoms with Gasteiger partial charge in [-0.1, -0.05) is 15.9 Å². The molecule has 11 heteroatoms. The van der Waals surface area contributed by atoms with E-state index in [-0.39, 0.29) is 12.2 Å². The van der Waals surface area contributed by atoms with Crippen LogP contribution in [0.2, 0.25) is 0 Å². The maximum atomic E-state index is 12.8. The van der Waals surface area contributed by atoms with Crippen LogP contribution in [0.1, 0.15) is 46.1 Å². The fourth-order valence-electron chi connectivity index (χ4n) is 3.40. The molecule has 1 aromatic carbocycles. The van der Waals surface area contributed by atoms with Crippen LogP contribution >= 0.6 is 27.3 Å². The van der Waals surface area contributed by atoms with Gasteiger partial charge in [0.05, 0.1) is 17.1 Å². The number of nitro groups is 1. The van der Waals surface area contributed by atoms with Gasteiger partial charge in [-0.15, -0.1) is 11.3 Å². The van der Waals surface area contributed by atoms with Crippen molar-refractivity contribution in [3.63, 3.8) is 0 Å². The molecule has 0 aliphatic heterocycles. The lowest BCUT2D eigenvalue weighted by Gasteiger charge is -2.12. The molecule has 166 valence electrons. The van der Waals surface area contributed by atoms with Gasteiger partial charge in [0.15, 0.2) is 0 Å². The van der Waals surface area contributed by atoms with Crippen LogP contribution in [0.4, 0.5) is 10.7 Å². The molecule has 0 spiro atoms. The van der Waals surface area contributed by atoms with E-state index >= 15 is 0 Å². The Morgan fingerprint density at radius 3 is 2.78 bits per heavy atom. The lowest BCUT2D eigenvalue weighted by molar-refractivity contribution is -0.385. The molecular weight excluding hydrogens is 502 g/mol. The monoisotopic (exact) mass is 519 g/mol. The average Bonchev–Trinajstić information content (AvgIpc) is 3.11. The maximum Gasteiger partial charge on any atom is 0.341 e. The van der Waals surface area contributed by atoms with E-state index < -0.39 is 33.8 Å². The van der Waals surface area contributed by atoms with Crippen molar-refractivity contribution in [2.45, 2.75) is 32.6 Å². The summed E-state index contributed by atoms with van der Waals surface area (Å²) in [5.74, 6) is -2.01. The number of halogens is 1. The number of hydrogen-bond donors (Lipinski definition) is 2. The number of aromatic hydroxyl groups is 1. The minimum atomic E-state index is -0.807. The number of nitriles is 1. The quantitative estimate of drug-likeness (QED) is 0.184. The normalized spacial score (nSPS) is 13.1. The molecule has 2 N–H and O–H groups in total. The van der Waals surface area contributed by atoms with Gasteiger partial charge in [-0.2, -0.15) is 5.26 Å². The number of phenolic OH excluding ortho intramolecular Hbond substituents is 1. The van der Waals surface area contributed by atoms with E-state index in [9.17, 15) is 30.1 Å². The van der Waals surface area contributed by atoms with Gasteiger partial charge in [-0.05, 0) is 50.3 Å². The summed E-state index contributed by atoms with van der Waals surface area (Å²) in [4.78, 5) is 36.7. The van der Waals surface area contributed by atoms with Crippen LogP contribution in [0, 0.1) is 21.4 Å². The van der Waals surface area contributed by atoms with Gasteiger partial charge in [-0.3, -0.25) is 14.9 Å². The van der Waals surface area contributed by atoms with Crippen LogP contribution in [0.15, 0.2) is 22.2 Å². The molecule has 2 aromatic rings. The molecule has 1 aromatic heterocycles. The van der Waals surface area contributed by atoms with Crippen molar-refractivity contribution in [1.29, 1.82) is 5.26 Å². The second kappa shape index (κ2) is 9.93. The zero-order valence-electron chi connectivity index (χ0n) is 16.9. The van der Waals surface area contributed by atoms with Crippen molar-refractivity contribution in [3.05, 3.63) is 53.9 Å². The van der Waals surface area contributed by atoms with E-state index in [1.807, 2.05) is 0 Å². The highest BCUT2D eigenvalue weighted by Gasteiger charge is 2.28. The SMILES string of the molecule is CCOC(=O)c1c(NC(=O)C(C#N)=Cc2cc(Br)cc([N+](=O)[O-])c2O)sc2c1CCCC2. The first-order valence-corrected chi connectivity index (χ1v) is 11.3. The minimum absolute atomic E-state index is 0.0751. The van der Waals surface area contributed by atoms with Crippen LogP contribution in [0.25, 0.3) is 6.08 Å². The van der Waals surface area contributed by atoms with Crippen LogP contribution in [0.5, 0.6) is 5.75 Å². The van der Waals surface area contributed by atoms with E-state index in [4.69, 9.17) is 4.74 Å². The molecule has 0 fully saturated rings. The molecule has 32 heavy (non-hydrogen) atoms. The molecule has 9 nitrogen and oxygen atoms in total. The Hall–Kier alpha value is -3.23. The molecule has 1 heterocycles. The number of carbonyl (C=O) groups excluding carboxylic acids is 2. The lowest BCUT2D eigenvalue weighted by atomic mass is 9.95. The number of aryl methyl sites for hydroxylation is 1. The van der Waals surface area contributed by atoms with Crippen molar-refractivity contribution in [2.24, 2.45) is 0 Å². The van der Waals surface area contributed by atoms with E-state index in [1.54, 1.807) is 13.0 Å². The van der Waals surface area contributed by atoms with E-state index in [1.165, 1.54) is 17.4 Å². The number of nitrogens with one attached hydrogen (secondary N) is 1. The number of amides is 1. The zero-order chi connectivity index (χ0) is 23.4. The van der Waals surface area contributed by atoms with Crippen molar-refractivity contribution < 1.29 is 24.4 Å². The topological polar surface area (TPSA) is 143 Å². The molecule has 1 amide bonds. The van der Waals surface area contributed by atoms with Crippen LogP contribution < -0.4 is 5.32 Å². The van der Waals surface area contributed by atoms with Crippen LogP contribution in [-0.2, 0) is 22.4 Å². The number of hydrogen-bond acceptors (Lipinski definition) is 8. The number of benzene rings is 1. The molecule has 0 unspecified atom stereocenters. The predicted molar refractivity (Wildman–Crippen MR) is 122 cm³/mol. The number of carbonyl (C=O) groups is 2. The number of esters is 1. The molecule has 0 bridgehead atoms. The highest BCUT2D eigenvalue weighted by Crippen LogP contribution is 2.39. The average molecular weight is 520 g/mol. The lowest BCUT2D eigenvalue weighted by Crippen LogP contribution is -2.16. The number of nitro benzene ring substituents is 1. The third kappa shape index (κ3) is 4.81. The van der Waals surface area contributed by atoms with Crippen molar-refractivity contribution in [2.75, 3.05) is 11.9 Å². The summed E-state index contributed by atoms with van der Waals surface area (Å²) in [7, 11) is 0. The number of anilines is 1. The summed E-state index contributed by atoms with van der Waals surface area (Å²) in [6, 6.07) is 4.20. The van der Waals surface area contributed by atoms with Crippen molar-refractivity contribution in [1.82, 2.24) is 0 Å². The van der Waals surface area contributed by atoms with Crippen molar-refractivity contribution in [3.8, 4) is 11.8 Å². The van der Waals surface area contributed by atoms with Gasteiger partial charge < -0.3 is 15.2 Å². The highest BCUT2D eigenvalue weighted by atomic mass is 79.9. The summed E-state index contributed by atoms with van der Waals surface area (Å²) in [5, 5.41) is 33.7. The van der Waals surface area contributed by atoms with Gasteiger partial charge in [-0.25, -0.2) is 4.79 Å². The number of fused-ring (bicyclic) bond motifs is 1. The van der Waals surface area contributed by atoms with Crippen LogP contribution in [0.3, 0.4) is 0 Å². The molecule has 1 aliphatic carbocycles. The maximum absolute atomic E-state index is 12.8. The number of ether oxygens (including phenoxy) is 1. The van der Waals surface area contributed by atoms with Gasteiger partial charge in [0.2, 0.25) is 5.75 Å². The summed E-state index contributed by atoms with van der Waals surface area (Å²) >= 11 is 4.39. The summed E-state index contributed by atoms with van der Waals surface area (Å²) in [6.45, 7) is 1.87. The van der Waals surface area contributed by atoms with Crippen molar-refractivity contribution >= 4 is 55.9 Å². The minimum Gasteiger partial charge on any atom is -0.502 e. The summed E-state index contributed by atoms with van der Waals surface area (Å²) < 4.78 is 5.45. The molecule has 0 radical (unpaired) electrons. The van der Waals surface area contributed by atoms with E-state index in [2.05, 4.69) is 21.2 Å². The third-order valence-electron chi connectivity index (χ3n) is 4.82. The first kappa shape index (κ1) is 23.4. The Bertz CT molecular complexity index is 1180. The summed E-state index contributed by atoms with van der Waals surface area (Å²) in [6.07, 6.45) is 4.45. The van der Waals surface area contributed by atoms with E-state index in [0.717, 1.165) is 41.8 Å². The second-order valence-electron chi connectivity index (χ2n) is 6.88. The number of thiophene rings is 1. The second-order valence-corrected chi connectivity index (χ2v) is 8.90. The Labute approximate surface area is 195 Å².